The topological polar surface area (TPSA) is 67.9 Å². The number of piperidine rings is 2. The highest BCUT2D eigenvalue weighted by Gasteiger charge is 2.61. The van der Waals surface area contributed by atoms with Gasteiger partial charge in [-0.05, 0) is 214 Å². The summed E-state index contributed by atoms with van der Waals surface area (Å²) in [5.41, 5.74) is 9.23. The first-order valence-corrected chi connectivity index (χ1v) is 27.5. The van der Waals surface area contributed by atoms with E-state index in [2.05, 4.69) is 72.5 Å². The van der Waals surface area contributed by atoms with Gasteiger partial charge >= 0.3 is 0 Å². The maximum atomic E-state index is 12.2. The van der Waals surface area contributed by atoms with Crippen LogP contribution in [-0.4, -0.2) is 71.1 Å². The molecule has 6 heteroatoms. The van der Waals surface area contributed by atoms with Gasteiger partial charge in [0.15, 0.2) is 5.78 Å². The predicted octanol–water partition coefficient (Wildman–Crippen LogP) is 12.2. The molecule has 0 aromatic carbocycles. The van der Waals surface area contributed by atoms with E-state index in [4.69, 9.17) is 9.47 Å². The third kappa shape index (κ3) is 7.17. The Hall–Kier alpha value is -1.60. The van der Waals surface area contributed by atoms with Gasteiger partial charge in [-0.25, -0.2) is 0 Å². The second-order valence-electron chi connectivity index (χ2n) is 26.3. The van der Waals surface area contributed by atoms with Crippen molar-refractivity contribution in [3.63, 3.8) is 0 Å². The number of rotatable bonds is 1. The first-order chi connectivity index (χ1) is 30.5. The van der Waals surface area contributed by atoms with Crippen LogP contribution >= 0.6 is 0 Å². The molecule has 4 aliphatic heterocycles. The van der Waals surface area contributed by atoms with Gasteiger partial charge in [0.25, 0.3) is 0 Å². The smallest absolute Gasteiger partial charge is 0.155 e. The molecule has 12 rings (SSSR count). The molecule has 0 bridgehead atoms. The summed E-state index contributed by atoms with van der Waals surface area (Å²) in [6, 6.07) is 1.76. The third-order valence-electron chi connectivity index (χ3n) is 22.6. The summed E-state index contributed by atoms with van der Waals surface area (Å²) < 4.78 is 14.1. The van der Waals surface area contributed by atoms with Crippen molar-refractivity contribution in [3.8, 4) is 0 Å². The van der Waals surface area contributed by atoms with Crippen LogP contribution in [0.25, 0.3) is 0 Å². The normalized spacial score (nSPS) is 50.9. The predicted molar refractivity (Wildman–Crippen MR) is 257 cm³/mol. The van der Waals surface area contributed by atoms with Crippen LogP contribution in [0.1, 0.15) is 191 Å². The van der Waals surface area contributed by atoms with E-state index >= 15 is 0 Å². The first kappa shape index (κ1) is 44.9. The highest BCUT2D eigenvalue weighted by Crippen LogP contribution is 2.66. The molecule has 8 aliphatic carbocycles. The second-order valence-corrected chi connectivity index (χ2v) is 26.3. The number of nitrogens with one attached hydrogen (secondary N) is 1. The van der Waals surface area contributed by atoms with E-state index in [-0.39, 0.29) is 16.6 Å². The number of carbonyl (C=O) groups is 2. The molecule has 0 amide bonds. The van der Waals surface area contributed by atoms with Crippen LogP contribution < -0.4 is 5.32 Å². The molecule has 5 saturated carbocycles. The van der Waals surface area contributed by atoms with E-state index in [0.29, 0.717) is 59.2 Å². The van der Waals surface area contributed by atoms with Crippen molar-refractivity contribution in [2.75, 3.05) is 13.1 Å². The Labute approximate surface area is 388 Å². The Kier molecular flexibility index (Phi) is 11.4. The number of fused-ring (bicyclic) bond motifs is 12. The lowest BCUT2D eigenvalue weighted by atomic mass is 9.52. The minimum Gasteiger partial charge on any atom is -0.370 e. The first-order valence-electron chi connectivity index (χ1n) is 27.5. The summed E-state index contributed by atoms with van der Waals surface area (Å²) >= 11 is 0. The SMILES string of the molecule is CC1=C2C[C@H]3[C@@H](CCC4=CC(=O)CC[C@@]43C)[C@@H]2CC[C@]2(C1)C[C@@H]1NC[C@@H](C)C[C@H]1O2.CC1=C2C[C@H]3[C@@H](CC[C@@H]4CC(=O)CC[C@@]43C)[C@@H]2CC[C@@]2(C1)O[C@@H]1C[C@H](C)CN(C(C)C)[C@H]1[C@H]2C. The number of Topliss-reactive ketones (excluding diaryl/α,β-unsaturated/α-hetero) is 1. The Balaban J connectivity index is 0.000000144. The molecule has 0 aromatic heterocycles. The number of nitrogens with zero attached hydrogens (tertiary/aromatic N) is 1. The van der Waals surface area contributed by atoms with Crippen molar-refractivity contribution >= 4 is 11.6 Å². The molecule has 12 aliphatic rings. The summed E-state index contributed by atoms with van der Waals surface area (Å²) in [6.07, 6.45) is 26.4. The Bertz CT molecular complexity index is 1980. The van der Waals surface area contributed by atoms with E-state index in [0.717, 1.165) is 105 Å². The lowest BCUT2D eigenvalue weighted by Gasteiger charge is -2.52. The molecule has 4 saturated heterocycles. The fourth-order valence-electron chi connectivity index (χ4n) is 19.2. The number of hydrogen-bond acceptors (Lipinski definition) is 6. The van der Waals surface area contributed by atoms with Crippen molar-refractivity contribution in [1.82, 2.24) is 10.2 Å². The van der Waals surface area contributed by atoms with Crippen molar-refractivity contribution in [3.05, 3.63) is 33.9 Å². The van der Waals surface area contributed by atoms with Crippen LogP contribution in [0.15, 0.2) is 33.9 Å². The average Bonchev–Trinajstić information content (AvgIpc) is 3.95. The third-order valence-corrected chi connectivity index (χ3v) is 22.6. The highest BCUT2D eigenvalue weighted by molar-refractivity contribution is 5.91. The minimum atomic E-state index is 0.0435. The molecule has 18 atom stereocenters. The summed E-state index contributed by atoms with van der Waals surface area (Å²) in [5, 5.41) is 3.80. The van der Waals surface area contributed by atoms with Crippen molar-refractivity contribution in [2.45, 2.75) is 232 Å². The molecule has 64 heavy (non-hydrogen) atoms. The van der Waals surface area contributed by atoms with Crippen molar-refractivity contribution in [1.29, 1.82) is 0 Å². The zero-order chi connectivity index (χ0) is 44.7. The molecule has 4 heterocycles. The van der Waals surface area contributed by atoms with Crippen LogP contribution in [0.4, 0.5) is 0 Å². The molecular weight excluding hydrogens is 789 g/mol. The maximum Gasteiger partial charge on any atom is 0.155 e. The van der Waals surface area contributed by atoms with Gasteiger partial charge in [0.2, 0.25) is 0 Å². The fraction of sp³-hybridized carbons (Fsp3) is 0.862. The number of allylic oxidation sites excluding steroid dienone is 4. The average molecular weight is 877 g/mol. The van der Waals surface area contributed by atoms with E-state index in [1.807, 2.05) is 11.6 Å². The summed E-state index contributed by atoms with van der Waals surface area (Å²) in [4.78, 5) is 27.1. The Morgan fingerprint density at radius 3 is 2.25 bits per heavy atom. The molecule has 2 spiro atoms. The maximum absolute atomic E-state index is 12.2. The quantitative estimate of drug-likeness (QED) is 0.265. The summed E-state index contributed by atoms with van der Waals surface area (Å²) in [7, 11) is 0. The van der Waals surface area contributed by atoms with E-state index in [1.165, 1.54) is 89.2 Å². The van der Waals surface area contributed by atoms with Crippen LogP contribution in [0, 0.1) is 70.0 Å². The molecule has 6 nitrogen and oxygen atoms in total. The van der Waals surface area contributed by atoms with Crippen LogP contribution in [0.3, 0.4) is 0 Å². The monoisotopic (exact) mass is 877 g/mol. The second kappa shape index (κ2) is 16.3. The van der Waals surface area contributed by atoms with Crippen molar-refractivity contribution < 1.29 is 19.1 Å². The van der Waals surface area contributed by atoms with Gasteiger partial charge < -0.3 is 14.8 Å². The summed E-state index contributed by atoms with van der Waals surface area (Å²) in [5.74, 6) is 8.40. The molecule has 0 unspecified atom stereocenters. The lowest BCUT2D eigenvalue weighted by molar-refractivity contribution is -0.129. The number of hydrogen-bond donors (Lipinski definition) is 1. The van der Waals surface area contributed by atoms with E-state index in [1.54, 1.807) is 16.7 Å². The van der Waals surface area contributed by atoms with E-state index in [9.17, 15) is 9.59 Å². The van der Waals surface area contributed by atoms with Crippen LogP contribution in [-0.2, 0) is 19.1 Å². The zero-order valence-corrected chi connectivity index (χ0v) is 41.9. The van der Waals surface area contributed by atoms with Gasteiger partial charge in [0.05, 0.1) is 23.4 Å². The Morgan fingerprint density at radius 2 is 1.47 bits per heavy atom. The molecular formula is C58H88N2O4. The largest absolute Gasteiger partial charge is 0.370 e. The molecule has 1 N–H and O–H groups in total. The van der Waals surface area contributed by atoms with Gasteiger partial charge in [-0.3, -0.25) is 14.5 Å². The molecule has 0 aromatic rings. The Morgan fingerprint density at radius 1 is 0.750 bits per heavy atom. The van der Waals surface area contributed by atoms with Gasteiger partial charge in [0, 0.05) is 49.9 Å². The van der Waals surface area contributed by atoms with Gasteiger partial charge in [-0.2, -0.15) is 0 Å². The minimum absolute atomic E-state index is 0.0435. The molecule has 9 fully saturated rings. The number of ether oxygens (including phenoxy) is 2. The standard InChI is InChI=1S/C31H49NO2.C27H39NO2/c1-18(2)32-17-19(3)13-28-29(32)21(5)31(34-28)12-10-24-25-8-7-22-14-23(33)9-11-30(22,6)27(25)15-26(24)20(4)16-31;1-16-10-25-24(28-15-16)14-27(30-25)9-7-20-21-5-4-18-11-19(29)6-8-26(18,3)23(21)12-22(20)17(2)13-27/h18-19,21-22,24-25,27-29H,7-17H2,1-6H3;11,16,20-21,23-25,28H,4-10,12-15H2,1-3H3/t19-,21+,22+,24-,25-,27-,28+,29-,30-,31-;16-,20-,21-,23-,24-,25+,26-,27-/m00/s1. The van der Waals surface area contributed by atoms with Crippen LogP contribution in [0.5, 0.6) is 0 Å². The number of carbonyl (C=O) groups excluding carboxylic acids is 2. The number of likely N-dealkylation sites (tertiary alicyclic amines) is 1. The van der Waals surface area contributed by atoms with Crippen molar-refractivity contribution in [2.24, 2.45) is 70.0 Å². The van der Waals surface area contributed by atoms with Gasteiger partial charge in [-0.1, -0.05) is 62.5 Å². The zero-order valence-electron chi connectivity index (χ0n) is 41.9. The van der Waals surface area contributed by atoms with Gasteiger partial charge in [-0.15, -0.1) is 0 Å². The summed E-state index contributed by atoms with van der Waals surface area (Å²) in [6.45, 7) is 24.4. The highest BCUT2D eigenvalue weighted by atomic mass is 16.5. The lowest BCUT2D eigenvalue weighted by Crippen LogP contribution is -2.54. The fourth-order valence-corrected chi connectivity index (χ4v) is 19.2. The molecule has 354 valence electrons. The number of ketones is 2. The molecule has 0 radical (unpaired) electrons. The van der Waals surface area contributed by atoms with Gasteiger partial charge in [0.1, 0.15) is 5.78 Å². The van der Waals surface area contributed by atoms with Crippen LogP contribution in [0.2, 0.25) is 0 Å². The van der Waals surface area contributed by atoms with E-state index < -0.39 is 0 Å².